The molecule has 0 aliphatic heterocycles. The highest BCUT2D eigenvalue weighted by Gasteiger charge is 2.14. The second-order valence-electron chi connectivity index (χ2n) is 2.45. The summed E-state index contributed by atoms with van der Waals surface area (Å²) in [7, 11) is 1.37. The standard InChI is InChI=1S/C9H8ClFO2/c1-13-5-8(12)9-6(10)3-2-4-7(9)11/h2-4H,5H2,1H3. The molecule has 70 valence electrons. The van der Waals surface area contributed by atoms with E-state index in [4.69, 9.17) is 11.6 Å². The first-order valence-corrected chi connectivity index (χ1v) is 4.00. The van der Waals surface area contributed by atoms with Gasteiger partial charge in [0, 0.05) is 7.11 Å². The molecule has 0 fully saturated rings. The Labute approximate surface area is 80.3 Å². The Hall–Kier alpha value is -0.930. The van der Waals surface area contributed by atoms with E-state index in [9.17, 15) is 9.18 Å². The van der Waals surface area contributed by atoms with Gasteiger partial charge in [-0.25, -0.2) is 4.39 Å². The number of hydrogen-bond acceptors (Lipinski definition) is 2. The van der Waals surface area contributed by atoms with E-state index in [1.165, 1.54) is 25.3 Å². The van der Waals surface area contributed by atoms with Crippen molar-refractivity contribution >= 4 is 17.4 Å². The SMILES string of the molecule is COCC(=O)c1c(F)cccc1Cl. The number of methoxy groups -OCH3 is 1. The summed E-state index contributed by atoms with van der Waals surface area (Å²) in [4.78, 5) is 11.2. The van der Waals surface area contributed by atoms with Crippen LogP contribution in [0.3, 0.4) is 0 Å². The molecule has 1 rings (SSSR count). The van der Waals surface area contributed by atoms with Gasteiger partial charge in [-0.15, -0.1) is 0 Å². The highest BCUT2D eigenvalue weighted by Crippen LogP contribution is 2.19. The quantitative estimate of drug-likeness (QED) is 0.704. The first-order chi connectivity index (χ1) is 6.16. The van der Waals surface area contributed by atoms with Crippen molar-refractivity contribution in [3.8, 4) is 0 Å². The maximum Gasteiger partial charge on any atom is 0.192 e. The second-order valence-corrected chi connectivity index (χ2v) is 2.86. The van der Waals surface area contributed by atoms with Gasteiger partial charge in [0.25, 0.3) is 0 Å². The van der Waals surface area contributed by atoms with Crippen molar-refractivity contribution in [1.82, 2.24) is 0 Å². The fraction of sp³-hybridized carbons (Fsp3) is 0.222. The van der Waals surface area contributed by atoms with Crippen molar-refractivity contribution in [2.75, 3.05) is 13.7 Å². The van der Waals surface area contributed by atoms with Crippen LogP contribution in [-0.2, 0) is 4.74 Å². The average molecular weight is 203 g/mol. The summed E-state index contributed by atoms with van der Waals surface area (Å²) in [5.74, 6) is -1.07. The summed E-state index contributed by atoms with van der Waals surface area (Å²) in [6.45, 7) is -0.166. The number of rotatable bonds is 3. The molecule has 0 heterocycles. The molecule has 1 aromatic rings. The van der Waals surface area contributed by atoms with Gasteiger partial charge in [-0.1, -0.05) is 17.7 Å². The largest absolute Gasteiger partial charge is 0.377 e. The third kappa shape index (κ3) is 2.26. The molecule has 0 aliphatic carbocycles. The number of hydrogen-bond donors (Lipinski definition) is 0. The van der Waals surface area contributed by atoms with Crippen LogP contribution in [0, 0.1) is 5.82 Å². The third-order valence-electron chi connectivity index (χ3n) is 1.52. The lowest BCUT2D eigenvalue weighted by atomic mass is 10.1. The number of Topliss-reactive ketones (excluding diaryl/α,β-unsaturated/α-hetero) is 1. The Bertz CT molecular complexity index is 305. The summed E-state index contributed by atoms with van der Waals surface area (Å²) < 4.78 is 17.7. The number of ketones is 1. The van der Waals surface area contributed by atoms with E-state index in [2.05, 4.69) is 4.74 Å². The molecular weight excluding hydrogens is 195 g/mol. The minimum absolute atomic E-state index is 0.106. The van der Waals surface area contributed by atoms with Gasteiger partial charge in [0.1, 0.15) is 12.4 Å². The molecule has 1 aromatic carbocycles. The van der Waals surface area contributed by atoms with Gasteiger partial charge in [-0.2, -0.15) is 0 Å². The van der Waals surface area contributed by atoms with E-state index in [1.807, 2.05) is 0 Å². The normalized spacial score (nSPS) is 10.1. The molecular formula is C9H8ClFO2. The molecule has 2 nitrogen and oxygen atoms in total. The zero-order valence-electron chi connectivity index (χ0n) is 7.01. The zero-order chi connectivity index (χ0) is 9.84. The first-order valence-electron chi connectivity index (χ1n) is 3.63. The average Bonchev–Trinajstić information content (AvgIpc) is 2.04. The van der Waals surface area contributed by atoms with Crippen LogP contribution in [0.25, 0.3) is 0 Å². The van der Waals surface area contributed by atoms with Gasteiger partial charge in [0.05, 0.1) is 10.6 Å². The van der Waals surface area contributed by atoms with Crippen LogP contribution in [0.1, 0.15) is 10.4 Å². The minimum atomic E-state index is -0.616. The Morgan fingerprint density at radius 2 is 2.31 bits per heavy atom. The minimum Gasteiger partial charge on any atom is -0.377 e. The number of halogens is 2. The number of ether oxygens (including phenoxy) is 1. The van der Waals surface area contributed by atoms with Gasteiger partial charge in [-0.05, 0) is 12.1 Å². The van der Waals surface area contributed by atoms with E-state index in [1.54, 1.807) is 0 Å². The molecule has 0 radical (unpaired) electrons. The van der Waals surface area contributed by atoms with Crippen LogP contribution in [0.4, 0.5) is 4.39 Å². The molecule has 4 heteroatoms. The van der Waals surface area contributed by atoms with E-state index in [0.717, 1.165) is 0 Å². The molecule has 0 aliphatic rings. The van der Waals surface area contributed by atoms with Gasteiger partial charge < -0.3 is 4.74 Å². The topological polar surface area (TPSA) is 26.3 Å². The van der Waals surface area contributed by atoms with Crippen molar-refractivity contribution in [1.29, 1.82) is 0 Å². The van der Waals surface area contributed by atoms with Crippen molar-refractivity contribution in [2.24, 2.45) is 0 Å². The molecule has 0 spiro atoms. The lowest BCUT2D eigenvalue weighted by molar-refractivity contribution is 0.0844. The highest BCUT2D eigenvalue weighted by molar-refractivity contribution is 6.34. The van der Waals surface area contributed by atoms with E-state index in [0.29, 0.717) is 0 Å². The van der Waals surface area contributed by atoms with Crippen LogP contribution < -0.4 is 0 Å². The third-order valence-corrected chi connectivity index (χ3v) is 1.83. The van der Waals surface area contributed by atoms with Crippen molar-refractivity contribution < 1.29 is 13.9 Å². The zero-order valence-corrected chi connectivity index (χ0v) is 7.77. The van der Waals surface area contributed by atoms with Crippen molar-refractivity contribution in [2.45, 2.75) is 0 Å². The number of carbonyl (C=O) groups excluding carboxylic acids is 1. The van der Waals surface area contributed by atoms with Crippen LogP contribution in [0.5, 0.6) is 0 Å². The van der Waals surface area contributed by atoms with Crippen molar-refractivity contribution in [3.63, 3.8) is 0 Å². The Kier molecular flexibility index (Phi) is 3.39. The van der Waals surface area contributed by atoms with Gasteiger partial charge >= 0.3 is 0 Å². The lowest BCUT2D eigenvalue weighted by Crippen LogP contribution is -2.09. The molecule has 0 unspecified atom stereocenters. The monoisotopic (exact) mass is 202 g/mol. The smallest absolute Gasteiger partial charge is 0.192 e. The molecule has 0 atom stereocenters. The van der Waals surface area contributed by atoms with Gasteiger partial charge in [0.15, 0.2) is 5.78 Å². The summed E-state index contributed by atoms with van der Waals surface area (Å²) in [6.07, 6.45) is 0. The molecule has 0 N–H and O–H groups in total. The van der Waals surface area contributed by atoms with E-state index in [-0.39, 0.29) is 17.2 Å². The predicted molar refractivity (Wildman–Crippen MR) is 47.6 cm³/mol. The van der Waals surface area contributed by atoms with E-state index >= 15 is 0 Å². The summed E-state index contributed by atoms with van der Waals surface area (Å²) >= 11 is 5.64. The Morgan fingerprint density at radius 1 is 1.62 bits per heavy atom. The van der Waals surface area contributed by atoms with Crippen molar-refractivity contribution in [3.05, 3.63) is 34.6 Å². The fourth-order valence-corrected chi connectivity index (χ4v) is 1.24. The van der Waals surface area contributed by atoms with Gasteiger partial charge in [-0.3, -0.25) is 4.79 Å². The van der Waals surface area contributed by atoms with Crippen LogP contribution >= 0.6 is 11.6 Å². The molecule has 0 saturated carbocycles. The molecule has 0 aromatic heterocycles. The van der Waals surface area contributed by atoms with E-state index < -0.39 is 11.6 Å². The fourth-order valence-electron chi connectivity index (χ4n) is 0.967. The molecule has 0 saturated heterocycles. The number of benzene rings is 1. The Balaban J connectivity index is 3.05. The highest BCUT2D eigenvalue weighted by atomic mass is 35.5. The van der Waals surface area contributed by atoms with Gasteiger partial charge in [0.2, 0.25) is 0 Å². The van der Waals surface area contributed by atoms with Crippen LogP contribution in [0.15, 0.2) is 18.2 Å². The predicted octanol–water partition coefficient (Wildman–Crippen LogP) is 2.31. The molecule has 0 bridgehead atoms. The summed E-state index contributed by atoms with van der Waals surface area (Å²) in [6, 6.07) is 4.10. The molecule has 13 heavy (non-hydrogen) atoms. The maximum atomic E-state index is 13.1. The molecule has 0 amide bonds. The summed E-state index contributed by atoms with van der Waals surface area (Å²) in [5.41, 5.74) is -0.106. The second kappa shape index (κ2) is 4.35. The Morgan fingerprint density at radius 3 is 2.85 bits per heavy atom. The maximum absolute atomic E-state index is 13.1. The lowest BCUT2D eigenvalue weighted by Gasteiger charge is -2.03. The van der Waals surface area contributed by atoms with Crippen LogP contribution in [-0.4, -0.2) is 19.5 Å². The van der Waals surface area contributed by atoms with Crippen LogP contribution in [0.2, 0.25) is 5.02 Å². The first kappa shape index (κ1) is 10.2. The number of carbonyl (C=O) groups is 1. The summed E-state index contributed by atoms with van der Waals surface area (Å²) in [5, 5.41) is 0.113.